The van der Waals surface area contributed by atoms with Crippen LogP contribution in [0.3, 0.4) is 0 Å². The molecule has 4 rings (SSSR count). The highest BCUT2D eigenvalue weighted by molar-refractivity contribution is 7.37. The van der Waals surface area contributed by atoms with Crippen molar-refractivity contribution < 1.29 is 28.3 Å². The third-order valence-electron chi connectivity index (χ3n) is 6.46. The molecule has 2 aromatic rings. The zero-order chi connectivity index (χ0) is 26.4. The van der Waals surface area contributed by atoms with E-state index in [2.05, 4.69) is 18.7 Å². The molecule has 2 aliphatic rings. The van der Waals surface area contributed by atoms with Crippen LogP contribution < -0.4 is 0 Å². The average Bonchev–Trinajstić information content (AvgIpc) is 3.47. The van der Waals surface area contributed by atoms with E-state index >= 15 is 0 Å². The molecular weight excluding hydrogens is 497 g/mol. The van der Waals surface area contributed by atoms with Gasteiger partial charge in [0.25, 0.3) is 13.9 Å². The third kappa shape index (κ3) is 7.38. The first-order chi connectivity index (χ1) is 17.8. The lowest BCUT2D eigenvalue weighted by Gasteiger charge is -2.30. The Hall–Kier alpha value is -2.78. The summed E-state index contributed by atoms with van der Waals surface area (Å²) in [6, 6.07) is 15.8. The van der Waals surface area contributed by atoms with Gasteiger partial charge in [0, 0.05) is 38.2 Å². The maximum absolute atomic E-state index is 13.1. The van der Waals surface area contributed by atoms with Gasteiger partial charge >= 0.3 is 6.09 Å². The van der Waals surface area contributed by atoms with Crippen LogP contribution in [-0.2, 0) is 31.5 Å². The van der Waals surface area contributed by atoms with Gasteiger partial charge in [0.1, 0.15) is 12.2 Å². The lowest BCUT2D eigenvalue weighted by molar-refractivity contribution is -0.384. The molecular formula is C26H34N3O7P. The second kappa shape index (κ2) is 12.6. The topological polar surface area (TPSA) is 111 Å². The van der Waals surface area contributed by atoms with E-state index in [-0.39, 0.29) is 11.8 Å². The normalized spacial score (nSPS) is 23.6. The van der Waals surface area contributed by atoms with Crippen molar-refractivity contribution in [2.75, 3.05) is 26.3 Å². The lowest BCUT2D eigenvalue weighted by Crippen LogP contribution is -2.45. The first kappa shape index (κ1) is 27.3. The third-order valence-corrected chi connectivity index (χ3v) is 7.88. The Morgan fingerprint density at radius 3 is 2.54 bits per heavy atom. The minimum atomic E-state index is -2.84. The van der Waals surface area contributed by atoms with Gasteiger partial charge in [-0.3, -0.25) is 19.6 Å². The van der Waals surface area contributed by atoms with E-state index in [1.165, 1.54) is 16.8 Å². The number of benzene rings is 2. The van der Waals surface area contributed by atoms with Gasteiger partial charge in [0.15, 0.2) is 0 Å². The van der Waals surface area contributed by atoms with Gasteiger partial charge in [-0.2, -0.15) is 0 Å². The van der Waals surface area contributed by atoms with Crippen molar-refractivity contribution in [1.82, 2.24) is 9.57 Å². The number of ether oxygens (including phenoxy) is 2. The monoisotopic (exact) mass is 531 g/mol. The molecule has 200 valence electrons. The second-order valence-corrected chi connectivity index (χ2v) is 11.2. The average molecular weight is 532 g/mol. The van der Waals surface area contributed by atoms with Crippen LogP contribution in [0.1, 0.15) is 31.4 Å². The molecule has 37 heavy (non-hydrogen) atoms. The minimum absolute atomic E-state index is 0.0432. The van der Waals surface area contributed by atoms with Gasteiger partial charge in [-0.25, -0.2) is 9.46 Å². The number of carbonyl (C=O) groups excluding carboxylic acids is 1. The van der Waals surface area contributed by atoms with Gasteiger partial charge in [0.05, 0.1) is 24.2 Å². The minimum Gasteiger partial charge on any atom is -0.443 e. The van der Waals surface area contributed by atoms with Gasteiger partial charge in [0.2, 0.25) is 0 Å². The van der Waals surface area contributed by atoms with Gasteiger partial charge < -0.3 is 14.0 Å². The summed E-state index contributed by atoms with van der Waals surface area (Å²) in [7, 11) is -2.84. The summed E-state index contributed by atoms with van der Waals surface area (Å²) in [6.07, 6.45) is -0.376. The van der Waals surface area contributed by atoms with Crippen LogP contribution in [0.4, 0.5) is 10.5 Å². The molecule has 2 aromatic carbocycles. The molecule has 0 N–H and O–H groups in total. The number of hydrogen-bond acceptors (Lipinski definition) is 8. The Bertz CT molecular complexity index is 1080. The van der Waals surface area contributed by atoms with E-state index in [1.54, 1.807) is 12.1 Å². The van der Waals surface area contributed by atoms with Crippen molar-refractivity contribution in [3.63, 3.8) is 0 Å². The molecule has 11 heteroatoms. The predicted octanol–water partition coefficient (Wildman–Crippen LogP) is 4.68. The van der Waals surface area contributed by atoms with Crippen LogP contribution >= 0.6 is 8.18 Å². The standard InChI is InChI=1S/C26H34N3O7P/c1-19(2)15-27(16-21-8-10-22(11-9-21)29(31)32)17-25-24(14-20-6-4-3-5-7-20)28(37(33)36-25)26(30)35-23-12-13-34-18-23/h3-11,19,23-25,37H,12-18H2,1-2H3/t23-,24-,25+/m0/s1. The van der Waals surface area contributed by atoms with E-state index < -0.39 is 31.3 Å². The first-order valence-corrected chi connectivity index (χ1v) is 13.8. The number of non-ortho nitro benzene ring substituents is 1. The van der Waals surface area contributed by atoms with Crippen molar-refractivity contribution in [1.29, 1.82) is 0 Å². The van der Waals surface area contributed by atoms with Crippen molar-refractivity contribution >= 4 is 20.0 Å². The highest BCUT2D eigenvalue weighted by Gasteiger charge is 2.45. The van der Waals surface area contributed by atoms with Gasteiger partial charge in [-0.1, -0.05) is 56.3 Å². The molecule has 0 spiro atoms. The summed E-state index contributed by atoms with van der Waals surface area (Å²) in [5.41, 5.74) is 1.97. The summed E-state index contributed by atoms with van der Waals surface area (Å²) >= 11 is 0. The smallest absolute Gasteiger partial charge is 0.417 e. The molecule has 2 fully saturated rings. The molecule has 0 radical (unpaired) electrons. The van der Waals surface area contributed by atoms with E-state index in [1.807, 2.05) is 30.3 Å². The lowest BCUT2D eigenvalue weighted by atomic mass is 10.00. The molecule has 0 saturated carbocycles. The summed E-state index contributed by atoms with van der Waals surface area (Å²) in [6.45, 7) is 6.81. The van der Waals surface area contributed by atoms with Crippen LogP contribution in [0.2, 0.25) is 0 Å². The van der Waals surface area contributed by atoms with Crippen LogP contribution in [0.5, 0.6) is 0 Å². The Labute approximate surface area is 217 Å². The summed E-state index contributed by atoms with van der Waals surface area (Å²) in [5, 5.41) is 11.0. The SMILES string of the molecule is CC(C)CN(Cc1ccc([N+](=O)[O-])cc1)C[C@H]1O[PH](=O)N(C(=O)O[C@H]2CCOC2)[C@H]1Cc1ccccc1. The fourth-order valence-electron chi connectivity index (χ4n) is 4.77. The molecule has 2 heterocycles. The van der Waals surface area contributed by atoms with Crippen molar-refractivity contribution in [3.8, 4) is 0 Å². The number of nitro groups is 1. The maximum atomic E-state index is 13.1. The summed E-state index contributed by atoms with van der Waals surface area (Å²) in [5.74, 6) is 0.340. The van der Waals surface area contributed by atoms with Crippen molar-refractivity contribution in [2.45, 2.75) is 51.5 Å². The van der Waals surface area contributed by atoms with Crippen LogP contribution in [-0.4, -0.2) is 65.1 Å². The highest BCUT2D eigenvalue weighted by Crippen LogP contribution is 2.44. The summed E-state index contributed by atoms with van der Waals surface area (Å²) < 4.78 is 31.3. The maximum Gasteiger partial charge on any atom is 0.417 e. The molecule has 10 nitrogen and oxygen atoms in total. The number of carbonyl (C=O) groups is 1. The van der Waals surface area contributed by atoms with E-state index in [4.69, 9.17) is 14.0 Å². The number of hydrogen-bond donors (Lipinski definition) is 0. The van der Waals surface area contributed by atoms with Crippen molar-refractivity contribution in [3.05, 3.63) is 75.8 Å². The largest absolute Gasteiger partial charge is 0.443 e. The van der Waals surface area contributed by atoms with Gasteiger partial charge in [-0.15, -0.1) is 0 Å². The zero-order valence-electron chi connectivity index (χ0n) is 21.2. The Balaban J connectivity index is 1.53. The number of amides is 1. The Kier molecular flexibility index (Phi) is 9.32. The fraction of sp³-hybridized carbons (Fsp3) is 0.500. The van der Waals surface area contributed by atoms with E-state index in [0.29, 0.717) is 45.1 Å². The molecule has 1 unspecified atom stereocenters. The molecule has 0 aliphatic carbocycles. The summed E-state index contributed by atoms with van der Waals surface area (Å²) in [4.78, 5) is 25.9. The van der Waals surface area contributed by atoms with E-state index in [0.717, 1.165) is 17.7 Å². The molecule has 2 aliphatic heterocycles. The molecule has 4 atom stereocenters. The Morgan fingerprint density at radius 1 is 1.19 bits per heavy atom. The van der Waals surface area contributed by atoms with Gasteiger partial charge in [-0.05, 0) is 23.5 Å². The quantitative estimate of drug-likeness (QED) is 0.247. The molecule has 0 bridgehead atoms. The number of rotatable bonds is 10. The predicted molar refractivity (Wildman–Crippen MR) is 139 cm³/mol. The molecule has 0 aromatic heterocycles. The number of nitro benzene ring substituents is 1. The Morgan fingerprint density at radius 2 is 1.92 bits per heavy atom. The molecule has 1 amide bonds. The van der Waals surface area contributed by atoms with Crippen molar-refractivity contribution in [2.24, 2.45) is 5.92 Å². The van der Waals surface area contributed by atoms with Crippen LogP contribution in [0.25, 0.3) is 0 Å². The second-order valence-electron chi connectivity index (χ2n) is 9.93. The van der Waals surface area contributed by atoms with E-state index in [9.17, 15) is 19.5 Å². The highest BCUT2D eigenvalue weighted by atomic mass is 31.1. The van der Waals surface area contributed by atoms with Crippen LogP contribution in [0, 0.1) is 16.0 Å². The first-order valence-electron chi connectivity index (χ1n) is 12.6. The fourth-order valence-corrected chi connectivity index (χ4v) is 6.11. The number of nitrogens with zero attached hydrogens (tertiary/aromatic N) is 3. The molecule has 2 saturated heterocycles. The van der Waals surface area contributed by atoms with Crippen LogP contribution in [0.15, 0.2) is 54.6 Å². The zero-order valence-corrected chi connectivity index (χ0v) is 22.2.